The number of nitrogens with one attached hydrogen (secondary N) is 2. The molecule has 2 aromatic heterocycles. The van der Waals surface area contributed by atoms with Crippen molar-refractivity contribution in [1.82, 2.24) is 16.5 Å². The van der Waals surface area contributed by atoms with Crippen LogP contribution in [0.1, 0.15) is 91.7 Å². The van der Waals surface area contributed by atoms with E-state index in [9.17, 15) is 18.3 Å². The summed E-state index contributed by atoms with van der Waals surface area (Å²) in [4.78, 5) is 20.3. The van der Waals surface area contributed by atoms with Gasteiger partial charge in [0.15, 0.2) is 5.78 Å². The van der Waals surface area contributed by atoms with Gasteiger partial charge in [0, 0.05) is 28.7 Å². The van der Waals surface area contributed by atoms with E-state index >= 15 is 0 Å². The van der Waals surface area contributed by atoms with Crippen molar-refractivity contribution in [3.05, 3.63) is 58.1 Å². The maximum atomic E-state index is 13.7. The Kier molecular flexibility index (Phi) is 9.84. The number of fused-ring (bicyclic) bond motifs is 2. The molecule has 7 N–H and O–H groups in total. The van der Waals surface area contributed by atoms with Crippen molar-refractivity contribution in [3.63, 3.8) is 0 Å². The van der Waals surface area contributed by atoms with Gasteiger partial charge < -0.3 is 16.6 Å². The normalized spacial score (nSPS) is 18.9. The zero-order valence-electron chi connectivity index (χ0n) is 25.6. The van der Waals surface area contributed by atoms with E-state index in [0.29, 0.717) is 31.0 Å². The number of sulfonamides is 1. The molecule has 2 atom stereocenters. The molecule has 1 aromatic carbocycles. The van der Waals surface area contributed by atoms with Gasteiger partial charge in [-0.2, -0.15) is 0 Å². The Morgan fingerprint density at radius 2 is 1.98 bits per heavy atom. The molecule has 230 valence electrons. The van der Waals surface area contributed by atoms with E-state index in [0.717, 1.165) is 65.4 Å². The van der Waals surface area contributed by atoms with Gasteiger partial charge in [-0.1, -0.05) is 32.9 Å². The number of hydrogen-bond acceptors (Lipinski definition) is 7. The predicted octanol–water partition coefficient (Wildman–Crippen LogP) is 6.45. The number of benzene rings is 1. The number of aromatic nitrogens is 1. The van der Waals surface area contributed by atoms with Crippen molar-refractivity contribution in [3.8, 4) is 0 Å². The van der Waals surface area contributed by atoms with Crippen LogP contribution in [0, 0.1) is 11.3 Å². The number of aryl methyl sites for hydroxylation is 1. The van der Waals surface area contributed by atoms with Gasteiger partial charge in [-0.05, 0) is 104 Å². The van der Waals surface area contributed by atoms with Gasteiger partial charge in [0.1, 0.15) is 4.83 Å². The lowest BCUT2D eigenvalue weighted by atomic mass is 9.71. The zero-order valence-corrected chi connectivity index (χ0v) is 27.3. The topological polar surface area (TPSA) is 145 Å². The van der Waals surface area contributed by atoms with Crippen LogP contribution in [0.5, 0.6) is 0 Å². The molecule has 0 amide bonds. The van der Waals surface area contributed by atoms with E-state index in [4.69, 9.17) is 4.98 Å². The highest BCUT2D eigenvalue weighted by atomic mass is 32.2. The standard InChI is InChI=1S/C32H43N3O4S2.H3N/c1-31(2,3)25-9-10-27-23(16-25)15-24-19-29(40-30(24)34-27)28(37)18-22(11-14-33-32(20-36)12-6-13-32)21-7-5-8-26(17-21)35-41(4,38)39;/h5,7-8,15,17,19,22,25,33,35-36H,6,9-14,16,18,20H2,1-4H3;1H3/p+1/t22-,25-;/m0./s1. The molecular formula is C32H47N4O4S2+. The number of pyridine rings is 1. The molecular weight excluding hydrogens is 569 g/mol. The molecule has 0 bridgehead atoms. The average Bonchev–Trinajstić information content (AvgIpc) is 3.29. The van der Waals surface area contributed by atoms with Crippen LogP contribution < -0.4 is 16.2 Å². The van der Waals surface area contributed by atoms with Crippen LogP contribution in [0.4, 0.5) is 5.69 Å². The third-order valence-electron chi connectivity index (χ3n) is 9.07. The summed E-state index contributed by atoms with van der Waals surface area (Å²) in [5.74, 6) is 0.595. The number of carbonyl (C=O) groups excluding carboxylic acids is 1. The van der Waals surface area contributed by atoms with Gasteiger partial charge in [-0.3, -0.25) is 9.52 Å². The highest BCUT2D eigenvalue weighted by molar-refractivity contribution is 7.92. The first-order valence-electron chi connectivity index (χ1n) is 14.7. The molecule has 10 heteroatoms. The molecule has 0 radical (unpaired) electrons. The Morgan fingerprint density at radius 3 is 2.62 bits per heavy atom. The quantitative estimate of drug-likeness (QED) is 0.183. The fourth-order valence-corrected chi connectivity index (χ4v) is 7.83. The molecule has 0 unspecified atom stereocenters. The summed E-state index contributed by atoms with van der Waals surface area (Å²) in [7, 11) is -3.42. The Balaban J connectivity index is 0.00000405. The first kappa shape index (κ1) is 32.5. The molecule has 2 heterocycles. The minimum absolute atomic E-state index is 0. The van der Waals surface area contributed by atoms with E-state index in [1.54, 1.807) is 6.07 Å². The number of ketones is 1. The number of carbonyl (C=O) groups is 1. The lowest BCUT2D eigenvalue weighted by Gasteiger charge is -2.41. The summed E-state index contributed by atoms with van der Waals surface area (Å²) in [6.45, 7) is 7.71. The number of anilines is 1. The zero-order chi connectivity index (χ0) is 29.4. The fourth-order valence-electron chi connectivity index (χ4n) is 6.29. The van der Waals surface area contributed by atoms with Crippen molar-refractivity contribution < 1.29 is 18.3 Å². The minimum atomic E-state index is -3.42. The van der Waals surface area contributed by atoms with Gasteiger partial charge in [0.25, 0.3) is 0 Å². The Bertz CT molecular complexity index is 1520. The summed E-state index contributed by atoms with van der Waals surface area (Å²) in [5.41, 5.74) is 3.95. The molecule has 1 saturated carbocycles. The third kappa shape index (κ3) is 7.58. The Morgan fingerprint density at radius 1 is 1.21 bits per heavy atom. The largest absolute Gasteiger partial charge is 0.394 e. The molecule has 42 heavy (non-hydrogen) atoms. The highest BCUT2D eigenvalue weighted by Crippen LogP contribution is 2.39. The average molecular weight is 616 g/mol. The van der Waals surface area contributed by atoms with E-state index in [1.807, 2.05) is 24.3 Å². The van der Waals surface area contributed by atoms with E-state index in [2.05, 4.69) is 36.9 Å². The summed E-state index contributed by atoms with van der Waals surface area (Å²) in [5, 5.41) is 14.4. The smallest absolute Gasteiger partial charge is 0.229 e. The number of Topliss-reactive ketones (excluding diaryl/α,β-unsaturated/α-hetero) is 1. The summed E-state index contributed by atoms with van der Waals surface area (Å²) < 4.78 is 26.2. The van der Waals surface area contributed by atoms with Crippen LogP contribution in [-0.4, -0.2) is 49.2 Å². The van der Waals surface area contributed by atoms with Gasteiger partial charge in [0.05, 0.1) is 17.7 Å². The number of nitrogens with zero attached hydrogens (tertiary/aromatic N) is 1. The monoisotopic (exact) mass is 615 g/mol. The van der Waals surface area contributed by atoms with E-state index < -0.39 is 10.0 Å². The Labute approximate surface area is 254 Å². The van der Waals surface area contributed by atoms with Gasteiger partial charge in [-0.25, -0.2) is 13.4 Å². The van der Waals surface area contributed by atoms with Crippen LogP contribution >= 0.6 is 11.3 Å². The molecule has 0 saturated heterocycles. The van der Waals surface area contributed by atoms with Crippen molar-refractivity contribution in [2.75, 3.05) is 24.1 Å². The maximum Gasteiger partial charge on any atom is 0.229 e. The van der Waals surface area contributed by atoms with Crippen molar-refractivity contribution >= 4 is 43.0 Å². The molecule has 0 spiro atoms. The van der Waals surface area contributed by atoms with Gasteiger partial charge >= 0.3 is 0 Å². The number of thiophene rings is 1. The maximum absolute atomic E-state index is 13.7. The molecule has 3 aromatic rings. The second kappa shape index (κ2) is 12.7. The molecule has 2 aliphatic carbocycles. The van der Waals surface area contributed by atoms with Crippen LogP contribution in [0.2, 0.25) is 0 Å². The highest BCUT2D eigenvalue weighted by Gasteiger charge is 2.36. The van der Waals surface area contributed by atoms with Crippen molar-refractivity contribution in [2.45, 2.75) is 83.6 Å². The van der Waals surface area contributed by atoms with Crippen LogP contribution in [0.25, 0.3) is 10.2 Å². The fraction of sp³-hybridized carbons (Fsp3) is 0.562. The lowest BCUT2D eigenvalue weighted by Crippen LogP contribution is -2.54. The second-order valence-corrected chi connectivity index (χ2v) is 16.0. The lowest BCUT2D eigenvalue weighted by molar-refractivity contribution is 0.0874. The number of hydrogen-bond donors (Lipinski definition) is 4. The minimum Gasteiger partial charge on any atom is -0.394 e. The predicted molar refractivity (Wildman–Crippen MR) is 173 cm³/mol. The second-order valence-electron chi connectivity index (χ2n) is 13.2. The van der Waals surface area contributed by atoms with Crippen LogP contribution in [0.3, 0.4) is 0 Å². The summed E-state index contributed by atoms with van der Waals surface area (Å²) in [6.07, 6.45) is 8.32. The van der Waals surface area contributed by atoms with Crippen LogP contribution in [0.15, 0.2) is 36.4 Å². The van der Waals surface area contributed by atoms with Crippen molar-refractivity contribution in [2.24, 2.45) is 11.3 Å². The molecule has 0 aliphatic heterocycles. The molecule has 1 fully saturated rings. The molecule has 2 aliphatic rings. The van der Waals surface area contributed by atoms with Crippen molar-refractivity contribution in [1.29, 1.82) is 0 Å². The number of aliphatic hydroxyl groups excluding tert-OH is 1. The first-order chi connectivity index (χ1) is 19.3. The first-order valence-corrected chi connectivity index (χ1v) is 17.4. The Hall–Kier alpha value is -2.37. The SMILES string of the molecule is CC(C)(C)[C@H]1CCc2nc3sc(C(=O)C[C@H](CCNC4(CO)CCC4)c4cccc(NS(C)(=O)=O)c4)cc3cc2C1.[NH4+]. The molecule has 5 rings (SSSR count). The van der Waals surface area contributed by atoms with E-state index in [-0.39, 0.29) is 35.4 Å². The summed E-state index contributed by atoms with van der Waals surface area (Å²) >= 11 is 1.48. The number of rotatable bonds is 11. The number of aliphatic hydroxyl groups is 1. The number of quaternary nitrogens is 1. The third-order valence-corrected chi connectivity index (χ3v) is 10.8. The van der Waals surface area contributed by atoms with E-state index in [1.165, 1.54) is 22.6 Å². The summed E-state index contributed by atoms with van der Waals surface area (Å²) in [6, 6.07) is 11.6. The van der Waals surface area contributed by atoms with Gasteiger partial charge in [0.2, 0.25) is 10.0 Å². The van der Waals surface area contributed by atoms with Gasteiger partial charge in [-0.15, -0.1) is 11.3 Å². The van der Waals surface area contributed by atoms with Crippen LogP contribution in [-0.2, 0) is 22.9 Å². The molecule has 8 nitrogen and oxygen atoms in total.